The number of aldehydes is 1. The van der Waals surface area contributed by atoms with Crippen molar-refractivity contribution >= 4 is 12.0 Å². The number of likely N-dealkylation sites (N-methyl/N-ethyl adjacent to an activating group) is 2. The van der Waals surface area contributed by atoms with E-state index in [1.807, 2.05) is 24.3 Å². The van der Waals surface area contributed by atoms with E-state index in [2.05, 4.69) is 30.9 Å². The van der Waals surface area contributed by atoms with E-state index in [4.69, 9.17) is 0 Å². The Hall–Kier alpha value is -1.35. The Morgan fingerprint density at radius 2 is 1.78 bits per heavy atom. The minimum atomic E-state index is 0.331. The predicted octanol–water partition coefficient (Wildman–Crippen LogP) is 2.42. The minimum Gasteiger partial charge on any atom is -0.373 e. The minimum absolute atomic E-state index is 0.331. The van der Waals surface area contributed by atoms with Crippen LogP contribution >= 0.6 is 0 Å². The Bertz CT molecular complexity index is 407. The standard InChI is InChI=1S/C15H22N2O/c1-16(2)15(9-4-10-15)12-17(3)14-7-5-13(11-18)6-8-14/h5-8,11H,4,9-10,12H2,1-3H3. The van der Waals surface area contributed by atoms with Gasteiger partial charge in [-0.1, -0.05) is 0 Å². The summed E-state index contributed by atoms with van der Waals surface area (Å²) in [6.45, 7) is 1.04. The summed E-state index contributed by atoms with van der Waals surface area (Å²) in [6.07, 6.45) is 4.76. The van der Waals surface area contributed by atoms with Crippen molar-refractivity contribution in [2.75, 3.05) is 32.6 Å². The Labute approximate surface area is 109 Å². The highest BCUT2D eigenvalue weighted by Crippen LogP contribution is 2.37. The van der Waals surface area contributed by atoms with Crippen LogP contribution < -0.4 is 4.90 Å². The zero-order valence-electron chi connectivity index (χ0n) is 11.5. The molecule has 1 fully saturated rings. The molecule has 1 aliphatic rings. The first-order chi connectivity index (χ1) is 8.57. The van der Waals surface area contributed by atoms with E-state index in [1.54, 1.807) is 0 Å². The molecule has 0 aromatic heterocycles. The number of carbonyl (C=O) groups excluding carboxylic acids is 1. The molecular weight excluding hydrogens is 224 g/mol. The summed E-state index contributed by atoms with van der Waals surface area (Å²) >= 11 is 0. The number of hydrogen-bond acceptors (Lipinski definition) is 3. The van der Waals surface area contributed by atoms with Gasteiger partial charge < -0.3 is 9.80 Å². The summed E-state index contributed by atoms with van der Waals surface area (Å²) in [4.78, 5) is 15.3. The van der Waals surface area contributed by atoms with Gasteiger partial charge in [-0.25, -0.2) is 0 Å². The molecule has 2 rings (SSSR count). The van der Waals surface area contributed by atoms with Gasteiger partial charge in [0.1, 0.15) is 6.29 Å². The lowest BCUT2D eigenvalue weighted by atomic mass is 9.75. The first-order valence-corrected chi connectivity index (χ1v) is 6.51. The van der Waals surface area contributed by atoms with Crippen molar-refractivity contribution in [2.45, 2.75) is 24.8 Å². The van der Waals surface area contributed by atoms with Crippen LogP contribution in [0, 0.1) is 0 Å². The lowest BCUT2D eigenvalue weighted by Gasteiger charge is -2.49. The van der Waals surface area contributed by atoms with Crippen LogP contribution in [0.4, 0.5) is 5.69 Å². The van der Waals surface area contributed by atoms with Gasteiger partial charge in [0, 0.05) is 30.4 Å². The number of nitrogens with zero attached hydrogens (tertiary/aromatic N) is 2. The summed E-state index contributed by atoms with van der Waals surface area (Å²) < 4.78 is 0. The number of carbonyl (C=O) groups is 1. The van der Waals surface area contributed by atoms with Gasteiger partial charge >= 0.3 is 0 Å². The van der Waals surface area contributed by atoms with Gasteiger partial charge in [-0.3, -0.25) is 4.79 Å². The molecule has 0 amide bonds. The monoisotopic (exact) mass is 246 g/mol. The largest absolute Gasteiger partial charge is 0.373 e. The second-order valence-electron chi connectivity index (χ2n) is 5.54. The highest BCUT2D eigenvalue weighted by molar-refractivity contribution is 5.75. The molecule has 0 atom stereocenters. The topological polar surface area (TPSA) is 23.6 Å². The second-order valence-corrected chi connectivity index (χ2v) is 5.54. The highest BCUT2D eigenvalue weighted by Gasteiger charge is 2.39. The smallest absolute Gasteiger partial charge is 0.150 e. The average Bonchev–Trinajstić information content (AvgIpc) is 2.33. The Morgan fingerprint density at radius 1 is 1.17 bits per heavy atom. The van der Waals surface area contributed by atoms with Crippen LogP contribution in [0.2, 0.25) is 0 Å². The Kier molecular flexibility index (Phi) is 3.71. The van der Waals surface area contributed by atoms with Crippen LogP contribution in [0.1, 0.15) is 29.6 Å². The van der Waals surface area contributed by atoms with Crippen molar-refractivity contribution in [1.29, 1.82) is 0 Å². The van der Waals surface area contributed by atoms with Gasteiger partial charge in [0.2, 0.25) is 0 Å². The van der Waals surface area contributed by atoms with Crippen molar-refractivity contribution in [3.8, 4) is 0 Å². The van der Waals surface area contributed by atoms with Crippen molar-refractivity contribution in [1.82, 2.24) is 4.90 Å². The first-order valence-electron chi connectivity index (χ1n) is 6.51. The summed E-state index contributed by atoms with van der Waals surface area (Å²) in [5.74, 6) is 0. The van der Waals surface area contributed by atoms with Gasteiger partial charge in [0.05, 0.1) is 0 Å². The third-order valence-corrected chi connectivity index (χ3v) is 4.23. The van der Waals surface area contributed by atoms with Gasteiger partial charge in [-0.2, -0.15) is 0 Å². The van der Waals surface area contributed by atoms with E-state index in [0.717, 1.165) is 18.4 Å². The molecule has 1 saturated carbocycles. The number of hydrogen-bond donors (Lipinski definition) is 0. The lowest BCUT2D eigenvalue weighted by Crippen LogP contribution is -2.56. The van der Waals surface area contributed by atoms with Crippen LogP contribution in [0.15, 0.2) is 24.3 Å². The van der Waals surface area contributed by atoms with E-state index < -0.39 is 0 Å². The fourth-order valence-electron chi connectivity index (χ4n) is 2.67. The molecule has 3 nitrogen and oxygen atoms in total. The van der Waals surface area contributed by atoms with E-state index >= 15 is 0 Å². The third-order valence-electron chi connectivity index (χ3n) is 4.23. The second kappa shape index (κ2) is 5.11. The van der Waals surface area contributed by atoms with Crippen molar-refractivity contribution in [3.05, 3.63) is 29.8 Å². The van der Waals surface area contributed by atoms with Crippen molar-refractivity contribution < 1.29 is 4.79 Å². The molecule has 0 heterocycles. The van der Waals surface area contributed by atoms with E-state index in [-0.39, 0.29) is 0 Å². The molecular formula is C15H22N2O. The number of rotatable bonds is 5. The molecule has 3 heteroatoms. The number of anilines is 1. The molecule has 0 radical (unpaired) electrons. The molecule has 1 aromatic rings. The maximum absolute atomic E-state index is 10.6. The first kappa shape index (κ1) is 13.1. The zero-order valence-corrected chi connectivity index (χ0v) is 11.5. The maximum Gasteiger partial charge on any atom is 0.150 e. The molecule has 18 heavy (non-hydrogen) atoms. The average molecular weight is 246 g/mol. The van der Waals surface area contributed by atoms with E-state index in [0.29, 0.717) is 5.54 Å². The molecule has 0 spiro atoms. The fourth-order valence-corrected chi connectivity index (χ4v) is 2.67. The Balaban J connectivity index is 2.06. The summed E-state index contributed by atoms with van der Waals surface area (Å²) in [5, 5.41) is 0. The SMILES string of the molecule is CN(CC1(N(C)C)CCC1)c1ccc(C=O)cc1. The lowest BCUT2D eigenvalue weighted by molar-refractivity contribution is 0.0683. The molecule has 0 unspecified atom stereocenters. The van der Waals surface area contributed by atoms with Gasteiger partial charge in [0.25, 0.3) is 0 Å². The highest BCUT2D eigenvalue weighted by atomic mass is 16.1. The molecule has 0 bridgehead atoms. The fraction of sp³-hybridized carbons (Fsp3) is 0.533. The van der Waals surface area contributed by atoms with Gasteiger partial charge in [-0.05, 0) is 57.6 Å². The molecule has 0 aliphatic heterocycles. The van der Waals surface area contributed by atoms with Crippen molar-refractivity contribution in [2.24, 2.45) is 0 Å². The molecule has 0 saturated heterocycles. The summed E-state index contributed by atoms with van der Waals surface area (Å²) in [6, 6.07) is 7.79. The summed E-state index contributed by atoms with van der Waals surface area (Å²) in [5.41, 5.74) is 2.24. The van der Waals surface area contributed by atoms with Gasteiger partial charge in [0.15, 0.2) is 0 Å². The van der Waals surface area contributed by atoms with Crippen LogP contribution in [-0.4, -0.2) is 44.4 Å². The molecule has 1 aliphatic carbocycles. The van der Waals surface area contributed by atoms with Crippen LogP contribution in [0.25, 0.3) is 0 Å². The summed E-state index contributed by atoms with van der Waals surface area (Å²) in [7, 11) is 6.46. The maximum atomic E-state index is 10.6. The molecule has 0 N–H and O–H groups in total. The van der Waals surface area contributed by atoms with E-state index in [9.17, 15) is 4.79 Å². The molecule has 1 aromatic carbocycles. The number of benzene rings is 1. The normalized spacial score (nSPS) is 17.3. The van der Waals surface area contributed by atoms with Crippen LogP contribution in [0.3, 0.4) is 0 Å². The molecule has 98 valence electrons. The quantitative estimate of drug-likeness (QED) is 0.745. The predicted molar refractivity (Wildman–Crippen MR) is 75.4 cm³/mol. The van der Waals surface area contributed by atoms with Gasteiger partial charge in [-0.15, -0.1) is 0 Å². The Morgan fingerprint density at radius 3 is 2.17 bits per heavy atom. The zero-order chi connectivity index (χ0) is 13.2. The van der Waals surface area contributed by atoms with Crippen LogP contribution in [-0.2, 0) is 0 Å². The third kappa shape index (κ3) is 2.41. The van der Waals surface area contributed by atoms with Crippen LogP contribution in [0.5, 0.6) is 0 Å². The van der Waals surface area contributed by atoms with E-state index in [1.165, 1.54) is 24.9 Å². The van der Waals surface area contributed by atoms with Crippen molar-refractivity contribution in [3.63, 3.8) is 0 Å².